The molecule has 0 aromatic carbocycles. The minimum Gasteiger partial charge on any atom is -0.477 e. The standard InChI is InChI=1S/C12H20N2O2/c1-10(15)14-8-6-11(13-14)16-9-5-7-12(2,3)4/h6,8H,5,7,9H2,1-4H3. The van der Waals surface area contributed by atoms with Crippen LogP contribution in [0.1, 0.15) is 45.3 Å². The molecule has 0 aliphatic rings. The second-order valence-electron chi connectivity index (χ2n) is 5.13. The summed E-state index contributed by atoms with van der Waals surface area (Å²) >= 11 is 0. The highest BCUT2D eigenvalue weighted by atomic mass is 16.5. The maximum absolute atomic E-state index is 11.0. The van der Waals surface area contributed by atoms with Gasteiger partial charge in [-0.2, -0.15) is 0 Å². The van der Waals surface area contributed by atoms with Crippen LogP contribution in [0.5, 0.6) is 5.88 Å². The van der Waals surface area contributed by atoms with Gasteiger partial charge in [-0.1, -0.05) is 20.8 Å². The summed E-state index contributed by atoms with van der Waals surface area (Å²) in [7, 11) is 0. The molecule has 1 rings (SSSR count). The van der Waals surface area contributed by atoms with E-state index in [1.165, 1.54) is 11.6 Å². The second kappa shape index (κ2) is 5.14. The Morgan fingerprint density at radius 3 is 2.69 bits per heavy atom. The Morgan fingerprint density at radius 1 is 1.50 bits per heavy atom. The first-order valence-corrected chi connectivity index (χ1v) is 5.58. The molecule has 90 valence electrons. The summed E-state index contributed by atoms with van der Waals surface area (Å²) in [5, 5.41) is 3.99. The zero-order valence-electron chi connectivity index (χ0n) is 10.5. The van der Waals surface area contributed by atoms with Crippen LogP contribution < -0.4 is 4.74 Å². The molecule has 0 unspecified atom stereocenters. The molecule has 4 heteroatoms. The molecule has 0 bridgehead atoms. The quantitative estimate of drug-likeness (QED) is 0.739. The van der Waals surface area contributed by atoms with E-state index < -0.39 is 0 Å². The van der Waals surface area contributed by atoms with Gasteiger partial charge >= 0.3 is 0 Å². The number of ether oxygens (including phenoxy) is 1. The average molecular weight is 224 g/mol. The molecule has 0 saturated carbocycles. The van der Waals surface area contributed by atoms with Crippen LogP contribution in [0.25, 0.3) is 0 Å². The molecule has 16 heavy (non-hydrogen) atoms. The molecule has 0 atom stereocenters. The third-order valence-electron chi connectivity index (χ3n) is 2.21. The minimum absolute atomic E-state index is 0.107. The van der Waals surface area contributed by atoms with Crippen LogP contribution in [0.3, 0.4) is 0 Å². The van der Waals surface area contributed by atoms with Crippen LogP contribution in [0, 0.1) is 5.41 Å². The van der Waals surface area contributed by atoms with Gasteiger partial charge in [-0.3, -0.25) is 4.79 Å². The van der Waals surface area contributed by atoms with Crippen molar-refractivity contribution in [2.24, 2.45) is 5.41 Å². The first kappa shape index (κ1) is 12.7. The van der Waals surface area contributed by atoms with E-state index in [-0.39, 0.29) is 5.91 Å². The lowest BCUT2D eigenvalue weighted by Crippen LogP contribution is -2.09. The van der Waals surface area contributed by atoms with E-state index in [0.29, 0.717) is 17.9 Å². The van der Waals surface area contributed by atoms with Crippen molar-refractivity contribution < 1.29 is 9.53 Å². The van der Waals surface area contributed by atoms with E-state index in [0.717, 1.165) is 12.8 Å². The van der Waals surface area contributed by atoms with Crippen molar-refractivity contribution in [2.75, 3.05) is 6.61 Å². The summed E-state index contributed by atoms with van der Waals surface area (Å²) in [4.78, 5) is 11.0. The van der Waals surface area contributed by atoms with Gasteiger partial charge in [0.2, 0.25) is 11.8 Å². The zero-order chi connectivity index (χ0) is 12.2. The Bertz CT molecular complexity index is 350. The SMILES string of the molecule is CC(=O)n1ccc(OCCCC(C)(C)C)n1. The molecule has 0 spiro atoms. The van der Waals surface area contributed by atoms with Crippen molar-refractivity contribution in [1.29, 1.82) is 0 Å². The highest BCUT2D eigenvalue weighted by molar-refractivity contribution is 5.75. The van der Waals surface area contributed by atoms with Crippen LogP contribution in [0.2, 0.25) is 0 Å². The van der Waals surface area contributed by atoms with Crippen molar-refractivity contribution in [3.63, 3.8) is 0 Å². The van der Waals surface area contributed by atoms with Gasteiger partial charge in [0, 0.05) is 19.2 Å². The number of hydrogen-bond donors (Lipinski definition) is 0. The van der Waals surface area contributed by atoms with Gasteiger partial charge in [-0.25, -0.2) is 4.68 Å². The van der Waals surface area contributed by atoms with Crippen LogP contribution in [0.15, 0.2) is 12.3 Å². The lowest BCUT2D eigenvalue weighted by molar-refractivity contribution is 0.0918. The predicted octanol–water partition coefficient (Wildman–Crippen LogP) is 2.75. The van der Waals surface area contributed by atoms with Crippen molar-refractivity contribution in [2.45, 2.75) is 40.5 Å². The van der Waals surface area contributed by atoms with Crippen LogP contribution in [0.4, 0.5) is 0 Å². The Morgan fingerprint density at radius 2 is 2.19 bits per heavy atom. The minimum atomic E-state index is -0.107. The Kier molecular flexibility index (Phi) is 4.10. The number of hydrogen-bond acceptors (Lipinski definition) is 3. The third kappa shape index (κ3) is 4.47. The van der Waals surface area contributed by atoms with E-state index in [1.54, 1.807) is 12.3 Å². The number of carbonyl (C=O) groups is 1. The normalized spacial score (nSPS) is 11.5. The molecule has 0 amide bonds. The molecular weight excluding hydrogens is 204 g/mol. The molecule has 4 nitrogen and oxygen atoms in total. The van der Waals surface area contributed by atoms with E-state index >= 15 is 0 Å². The van der Waals surface area contributed by atoms with Crippen LogP contribution in [-0.2, 0) is 0 Å². The summed E-state index contributed by atoms with van der Waals surface area (Å²) in [6.45, 7) is 8.73. The molecule has 1 aromatic heterocycles. The molecule has 0 radical (unpaired) electrons. The molecule has 0 saturated heterocycles. The summed E-state index contributed by atoms with van der Waals surface area (Å²) in [5.74, 6) is 0.411. The fraction of sp³-hybridized carbons (Fsp3) is 0.667. The maximum atomic E-state index is 11.0. The predicted molar refractivity (Wildman–Crippen MR) is 62.7 cm³/mol. The van der Waals surface area contributed by atoms with Gasteiger partial charge in [0.1, 0.15) is 0 Å². The molecular formula is C12H20N2O2. The van der Waals surface area contributed by atoms with Gasteiger partial charge in [-0.05, 0) is 18.3 Å². The summed E-state index contributed by atoms with van der Waals surface area (Å²) in [6, 6.07) is 1.71. The molecule has 0 fully saturated rings. The fourth-order valence-electron chi connectivity index (χ4n) is 1.34. The number of aromatic nitrogens is 2. The summed E-state index contributed by atoms with van der Waals surface area (Å²) in [6.07, 6.45) is 3.72. The number of nitrogens with zero attached hydrogens (tertiary/aromatic N) is 2. The van der Waals surface area contributed by atoms with E-state index in [2.05, 4.69) is 25.9 Å². The Balaban J connectivity index is 2.30. The lowest BCUT2D eigenvalue weighted by Gasteiger charge is -2.17. The fourth-order valence-corrected chi connectivity index (χ4v) is 1.34. The van der Waals surface area contributed by atoms with E-state index in [9.17, 15) is 4.79 Å². The molecule has 0 aliphatic heterocycles. The Hall–Kier alpha value is -1.32. The number of carbonyl (C=O) groups excluding carboxylic acids is 1. The van der Waals surface area contributed by atoms with Crippen molar-refractivity contribution >= 4 is 5.91 Å². The van der Waals surface area contributed by atoms with Gasteiger partial charge in [0.05, 0.1) is 6.61 Å². The van der Waals surface area contributed by atoms with E-state index in [4.69, 9.17) is 4.74 Å². The first-order chi connectivity index (χ1) is 7.38. The van der Waals surface area contributed by atoms with E-state index in [1.807, 2.05) is 0 Å². The smallest absolute Gasteiger partial charge is 0.243 e. The molecule has 0 aliphatic carbocycles. The zero-order valence-corrected chi connectivity index (χ0v) is 10.5. The second-order valence-corrected chi connectivity index (χ2v) is 5.13. The molecule has 1 heterocycles. The highest BCUT2D eigenvalue weighted by Gasteiger charge is 2.09. The summed E-state index contributed by atoms with van der Waals surface area (Å²) in [5.41, 5.74) is 0.335. The van der Waals surface area contributed by atoms with Gasteiger partial charge in [0.15, 0.2) is 0 Å². The van der Waals surface area contributed by atoms with Gasteiger partial charge in [-0.15, -0.1) is 5.10 Å². The molecule has 1 aromatic rings. The van der Waals surface area contributed by atoms with Gasteiger partial charge in [0.25, 0.3) is 0 Å². The lowest BCUT2D eigenvalue weighted by atomic mass is 9.91. The third-order valence-corrected chi connectivity index (χ3v) is 2.21. The average Bonchev–Trinajstić information content (AvgIpc) is 2.59. The highest BCUT2D eigenvalue weighted by Crippen LogP contribution is 2.20. The first-order valence-electron chi connectivity index (χ1n) is 5.58. The largest absolute Gasteiger partial charge is 0.477 e. The van der Waals surface area contributed by atoms with Crippen molar-refractivity contribution in [3.05, 3.63) is 12.3 Å². The Labute approximate surface area is 96.6 Å². The monoisotopic (exact) mass is 224 g/mol. The maximum Gasteiger partial charge on any atom is 0.243 e. The van der Waals surface area contributed by atoms with Crippen LogP contribution >= 0.6 is 0 Å². The molecule has 0 N–H and O–H groups in total. The topological polar surface area (TPSA) is 44.1 Å². The van der Waals surface area contributed by atoms with Crippen molar-refractivity contribution in [1.82, 2.24) is 9.78 Å². The number of rotatable bonds is 4. The van der Waals surface area contributed by atoms with Crippen LogP contribution in [-0.4, -0.2) is 22.3 Å². The van der Waals surface area contributed by atoms with Crippen molar-refractivity contribution in [3.8, 4) is 5.88 Å². The summed E-state index contributed by atoms with van der Waals surface area (Å²) < 4.78 is 6.72. The van der Waals surface area contributed by atoms with Gasteiger partial charge < -0.3 is 4.74 Å².